The van der Waals surface area contributed by atoms with Crippen LogP contribution in [0.15, 0.2) is 9.64 Å². The molecule has 1 aromatic heterocycles. The topological polar surface area (TPSA) is 59.2 Å². The van der Waals surface area contributed by atoms with Crippen molar-refractivity contribution in [2.45, 2.75) is 49.2 Å². The number of thioether (sulfide) groups is 1. The first-order valence-corrected chi connectivity index (χ1v) is 8.33. The van der Waals surface area contributed by atoms with Crippen molar-refractivity contribution in [2.24, 2.45) is 17.8 Å². The maximum Gasteiger partial charge on any atom is 0.276 e. The number of rotatable bonds is 4. The van der Waals surface area contributed by atoms with Gasteiger partial charge in [0, 0.05) is 11.2 Å². The lowest BCUT2D eigenvalue weighted by molar-refractivity contribution is -0.0191. The van der Waals surface area contributed by atoms with E-state index < -0.39 is 0 Å². The summed E-state index contributed by atoms with van der Waals surface area (Å²) in [6.07, 6.45) is 8.06. The highest BCUT2D eigenvalue weighted by Gasteiger charge is 2.54. The monoisotopic (exact) mass is 280 g/mol. The van der Waals surface area contributed by atoms with E-state index in [-0.39, 0.29) is 12.0 Å². The lowest BCUT2D eigenvalue weighted by Crippen LogP contribution is -2.48. The van der Waals surface area contributed by atoms with Gasteiger partial charge >= 0.3 is 0 Å². The Hall–Kier alpha value is -0.550. The molecule has 4 aliphatic rings. The Morgan fingerprint density at radius 3 is 2.32 bits per heavy atom. The Bertz CT molecular complexity index is 438. The van der Waals surface area contributed by atoms with E-state index >= 15 is 0 Å². The van der Waals surface area contributed by atoms with Crippen LogP contribution in [0.4, 0.5) is 0 Å². The van der Waals surface area contributed by atoms with Gasteiger partial charge < -0.3 is 9.52 Å². The maximum atomic E-state index is 8.85. The van der Waals surface area contributed by atoms with Crippen LogP contribution in [0.1, 0.15) is 44.4 Å². The molecule has 0 spiro atoms. The Balaban J connectivity index is 1.59. The predicted octanol–water partition coefficient (Wildman–Crippen LogP) is 2.62. The fourth-order valence-corrected chi connectivity index (χ4v) is 5.49. The lowest BCUT2D eigenvalue weighted by Gasteiger charge is -2.55. The normalized spacial score (nSPS) is 39.9. The van der Waals surface area contributed by atoms with Gasteiger partial charge in [-0.15, -0.1) is 10.2 Å². The summed E-state index contributed by atoms with van der Waals surface area (Å²) in [6, 6.07) is 0. The summed E-state index contributed by atoms with van der Waals surface area (Å²) in [7, 11) is 0. The summed E-state index contributed by atoms with van der Waals surface area (Å²) in [5, 5.41) is 18.0. The van der Waals surface area contributed by atoms with Gasteiger partial charge in [-0.2, -0.15) is 0 Å². The van der Waals surface area contributed by atoms with Crippen molar-refractivity contribution in [1.82, 2.24) is 10.2 Å². The zero-order valence-electron chi connectivity index (χ0n) is 11.0. The third kappa shape index (κ3) is 2.02. The molecule has 4 nitrogen and oxygen atoms in total. The van der Waals surface area contributed by atoms with E-state index in [4.69, 9.17) is 9.52 Å². The van der Waals surface area contributed by atoms with Crippen LogP contribution in [-0.2, 0) is 5.41 Å². The molecule has 0 saturated heterocycles. The smallest absolute Gasteiger partial charge is 0.276 e. The van der Waals surface area contributed by atoms with Gasteiger partial charge in [-0.05, 0) is 56.3 Å². The molecule has 5 heteroatoms. The van der Waals surface area contributed by atoms with Crippen LogP contribution >= 0.6 is 11.8 Å². The van der Waals surface area contributed by atoms with E-state index in [2.05, 4.69) is 10.2 Å². The molecule has 0 unspecified atom stereocenters. The summed E-state index contributed by atoms with van der Waals surface area (Å²) in [5.74, 6) is 4.19. The van der Waals surface area contributed by atoms with Gasteiger partial charge in [0.05, 0.1) is 6.61 Å². The van der Waals surface area contributed by atoms with E-state index in [0.717, 1.165) is 23.6 Å². The van der Waals surface area contributed by atoms with Crippen molar-refractivity contribution in [1.29, 1.82) is 0 Å². The van der Waals surface area contributed by atoms with Crippen LogP contribution in [0.3, 0.4) is 0 Å². The second kappa shape index (κ2) is 4.48. The molecule has 4 bridgehead atoms. The quantitative estimate of drug-likeness (QED) is 0.859. The van der Waals surface area contributed by atoms with Gasteiger partial charge in [-0.25, -0.2) is 0 Å². The molecule has 0 aromatic carbocycles. The number of aromatic nitrogens is 2. The number of aliphatic hydroxyl groups excluding tert-OH is 1. The third-order valence-electron chi connectivity index (χ3n) is 5.22. The number of hydrogen-bond acceptors (Lipinski definition) is 5. The van der Waals surface area contributed by atoms with Crippen LogP contribution in [-0.4, -0.2) is 27.7 Å². The van der Waals surface area contributed by atoms with Crippen molar-refractivity contribution in [3.05, 3.63) is 5.89 Å². The molecule has 4 aliphatic carbocycles. The fourth-order valence-electron chi connectivity index (χ4n) is 4.99. The fraction of sp³-hybridized carbons (Fsp3) is 0.857. The van der Waals surface area contributed by atoms with Crippen LogP contribution in [0.5, 0.6) is 0 Å². The van der Waals surface area contributed by atoms with Crippen molar-refractivity contribution >= 4 is 11.8 Å². The van der Waals surface area contributed by atoms with Crippen LogP contribution in [0, 0.1) is 17.8 Å². The van der Waals surface area contributed by atoms with Crippen LogP contribution in [0.25, 0.3) is 0 Å². The summed E-state index contributed by atoms with van der Waals surface area (Å²) in [5.41, 5.74) is 0.194. The highest BCUT2D eigenvalue weighted by Crippen LogP contribution is 2.60. The third-order valence-corrected chi connectivity index (χ3v) is 6.01. The van der Waals surface area contributed by atoms with Gasteiger partial charge in [-0.1, -0.05) is 11.8 Å². The van der Waals surface area contributed by atoms with Crippen molar-refractivity contribution in [3.8, 4) is 0 Å². The summed E-state index contributed by atoms with van der Waals surface area (Å²) < 4.78 is 5.90. The lowest BCUT2D eigenvalue weighted by atomic mass is 9.49. The van der Waals surface area contributed by atoms with E-state index in [1.807, 2.05) is 0 Å². The molecular formula is C14H20N2O2S. The second-order valence-electron chi connectivity index (χ2n) is 6.64. The number of nitrogens with zero attached hydrogens (tertiary/aromatic N) is 2. The van der Waals surface area contributed by atoms with Crippen molar-refractivity contribution < 1.29 is 9.52 Å². The first kappa shape index (κ1) is 12.2. The standard InChI is InChI=1S/C14H20N2O2S/c17-1-2-19-13-16-15-12(18-13)14-6-9-3-10(7-14)5-11(4-9)8-14/h9-11,17H,1-8H2. The number of aliphatic hydroxyl groups is 1. The molecule has 0 aliphatic heterocycles. The molecule has 0 amide bonds. The molecule has 104 valence electrons. The van der Waals surface area contributed by atoms with Crippen molar-refractivity contribution in [3.63, 3.8) is 0 Å². The van der Waals surface area contributed by atoms with Crippen LogP contribution < -0.4 is 0 Å². The molecule has 1 heterocycles. The zero-order valence-corrected chi connectivity index (χ0v) is 11.9. The highest BCUT2D eigenvalue weighted by atomic mass is 32.2. The Labute approximate surface area is 117 Å². The van der Waals surface area contributed by atoms with Gasteiger partial charge in [-0.3, -0.25) is 0 Å². The van der Waals surface area contributed by atoms with E-state index in [1.165, 1.54) is 50.3 Å². The summed E-state index contributed by atoms with van der Waals surface area (Å²) in [6.45, 7) is 0.153. The van der Waals surface area contributed by atoms with Crippen molar-refractivity contribution in [2.75, 3.05) is 12.4 Å². The molecular weight excluding hydrogens is 260 g/mol. The first-order valence-electron chi connectivity index (χ1n) is 7.35. The van der Waals surface area contributed by atoms with E-state index in [0.29, 0.717) is 11.0 Å². The minimum absolute atomic E-state index is 0.153. The summed E-state index contributed by atoms with van der Waals surface area (Å²) >= 11 is 1.45. The largest absolute Gasteiger partial charge is 0.415 e. The molecule has 5 rings (SSSR count). The Morgan fingerprint density at radius 2 is 1.74 bits per heavy atom. The maximum absolute atomic E-state index is 8.85. The van der Waals surface area contributed by atoms with Gasteiger partial charge in [0.2, 0.25) is 5.89 Å². The Kier molecular flexibility index (Phi) is 2.88. The average Bonchev–Trinajstić information content (AvgIpc) is 2.84. The summed E-state index contributed by atoms with van der Waals surface area (Å²) in [4.78, 5) is 0. The average molecular weight is 280 g/mol. The van der Waals surface area contributed by atoms with Gasteiger partial charge in [0.25, 0.3) is 5.22 Å². The molecule has 19 heavy (non-hydrogen) atoms. The highest BCUT2D eigenvalue weighted by molar-refractivity contribution is 7.99. The Morgan fingerprint density at radius 1 is 1.11 bits per heavy atom. The minimum Gasteiger partial charge on any atom is -0.415 e. The minimum atomic E-state index is 0.153. The molecule has 1 N–H and O–H groups in total. The van der Waals surface area contributed by atoms with E-state index in [9.17, 15) is 0 Å². The first-order chi connectivity index (χ1) is 9.27. The predicted molar refractivity (Wildman–Crippen MR) is 72.0 cm³/mol. The molecule has 0 atom stereocenters. The number of hydrogen-bond donors (Lipinski definition) is 1. The van der Waals surface area contributed by atoms with Gasteiger partial charge in [0.15, 0.2) is 0 Å². The SMILES string of the molecule is OCCSc1nnc(C23CC4CC(CC(C4)C2)C3)o1. The zero-order chi connectivity index (χ0) is 12.9. The second-order valence-corrected chi connectivity index (χ2v) is 7.69. The van der Waals surface area contributed by atoms with E-state index in [1.54, 1.807) is 0 Å². The molecule has 4 saturated carbocycles. The van der Waals surface area contributed by atoms with Gasteiger partial charge in [0.1, 0.15) is 0 Å². The van der Waals surface area contributed by atoms with Crippen LogP contribution in [0.2, 0.25) is 0 Å². The molecule has 4 fully saturated rings. The molecule has 0 radical (unpaired) electrons. The molecule has 1 aromatic rings.